The molecule has 0 atom stereocenters. The fourth-order valence-electron chi connectivity index (χ4n) is 3.04. The number of hydrogen-bond donors (Lipinski definition) is 1. The molecule has 0 aliphatic heterocycles. The van der Waals surface area contributed by atoms with Crippen molar-refractivity contribution in [1.82, 2.24) is 9.88 Å². The number of likely N-dealkylation sites (N-methyl/N-ethyl adjacent to an activating group) is 1. The lowest BCUT2D eigenvalue weighted by atomic mass is 9.84. The van der Waals surface area contributed by atoms with E-state index < -0.39 is 0 Å². The maximum absolute atomic E-state index is 3.30. The highest BCUT2D eigenvalue weighted by molar-refractivity contribution is 5.88. The Hall–Kier alpha value is -1.28. The van der Waals surface area contributed by atoms with Crippen LogP contribution >= 0.6 is 0 Å². The quantitative estimate of drug-likeness (QED) is 0.876. The fraction of sp³-hybridized carbons (Fsp3) is 0.500. The molecule has 1 N–H and O–H groups in total. The molecule has 2 rings (SSSR count). The van der Waals surface area contributed by atoms with Crippen molar-refractivity contribution < 1.29 is 0 Å². The molecule has 2 aromatic rings. The first-order chi connectivity index (χ1) is 8.36. The summed E-state index contributed by atoms with van der Waals surface area (Å²) in [6.45, 7) is 9.96. The van der Waals surface area contributed by atoms with Gasteiger partial charge in [-0.05, 0) is 38.1 Å². The molecule has 0 saturated heterocycles. The smallest absolute Gasteiger partial charge is 0.0510 e. The molecular weight excluding hydrogens is 220 g/mol. The number of benzene rings is 1. The highest BCUT2D eigenvalue weighted by atomic mass is 14.9. The Morgan fingerprint density at radius 3 is 2.50 bits per heavy atom. The van der Waals surface area contributed by atoms with Crippen LogP contribution in [0.3, 0.4) is 0 Å². The van der Waals surface area contributed by atoms with E-state index in [1.54, 1.807) is 0 Å². The minimum Gasteiger partial charge on any atom is -0.350 e. The maximum atomic E-state index is 3.30. The van der Waals surface area contributed by atoms with Crippen molar-refractivity contribution in [2.45, 2.75) is 33.1 Å². The van der Waals surface area contributed by atoms with Gasteiger partial charge in [-0.15, -0.1) is 0 Å². The second-order valence-electron chi connectivity index (χ2n) is 6.05. The van der Waals surface area contributed by atoms with E-state index in [9.17, 15) is 0 Å². The second kappa shape index (κ2) is 4.43. The van der Waals surface area contributed by atoms with Gasteiger partial charge in [-0.3, -0.25) is 0 Å². The third-order valence-electron chi connectivity index (χ3n) is 3.76. The molecule has 0 amide bonds. The molecule has 1 heterocycles. The molecule has 2 heteroatoms. The number of aryl methyl sites for hydroxylation is 3. The number of aromatic nitrogens is 1. The molecule has 1 aromatic carbocycles. The van der Waals surface area contributed by atoms with Crippen molar-refractivity contribution in [2.75, 3.05) is 13.6 Å². The fourth-order valence-corrected chi connectivity index (χ4v) is 3.04. The van der Waals surface area contributed by atoms with Crippen molar-refractivity contribution in [2.24, 2.45) is 7.05 Å². The lowest BCUT2D eigenvalue weighted by molar-refractivity contribution is 0.496. The van der Waals surface area contributed by atoms with E-state index in [-0.39, 0.29) is 5.41 Å². The average Bonchev–Trinajstić information content (AvgIpc) is 2.56. The molecule has 18 heavy (non-hydrogen) atoms. The van der Waals surface area contributed by atoms with Crippen LogP contribution in [0.5, 0.6) is 0 Å². The van der Waals surface area contributed by atoms with Crippen molar-refractivity contribution in [3.05, 3.63) is 35.0 Å². The number of nitrogens with one attached hydrogen (secondary N) is 1. The summed E-state index contributed by atoms with van der Waals surface area (Å²) in [5, 5.41) is 4.70. The van der Waals surface area contributed by atoms with Gasteiger partial charge in [0.2, 0.25) is 0 Å². The average molecular weight is 244 g/mol. The zero-order valence-corrected chi connectivity index (χ0v) is 12.4. The zero-order chi connectivity index (χ0) is 13.5. The number of fused-ring (bicyclic) bond motifs is 1. The van der Waals surface area contributed by atoms with Crippen LogP contribution in [0.25, 0.3) is 10.9 Å². The molecule has 0 radical (unpaired) electrons. The maximum Gasteiger partial charge on any atom is 0.0510 e. The molecule has 0 unspecified atom stereocenters. The van der Waals surface area contributed by atoms with E-state index in [0.717, 1.165) is 6.54 Å². The van der Waals surface area contributed by atoms with E-state index in [1.165, 1.54) is 27.6 Å². The third kappa shape index (κ3) is 2.05. The molecule has 0 spiro atoms. The number of hydrogen-bond acceptors (Lipinski definition) is 1. The largest absolute Gasteiger partial charge is 0.350 e. The first-order valence-electron chi connectivity index (χ1n) is 6.58. The van der Waals surface area contributed by atoms with E-state index in [4.69, 9.17) is 0 Å². The minimum atomic E-state index is 0.147. The number of nitrogens with zero attached hydrogens (tertiary/aromatic N) is 1. The summed E-state index contributed by atoms with van der Waals surface area (Å²) >= 11 is 0. The van der Waals surface area contributed by atoms with Crippen molar-refractivity contribution in [3.8, 4) is 0 Å². The van der Waals surface area contributed by atoms with Gasteiger partial charge in [-0.1, -0.05) is 25.5 Å². The Kier molecular flexibility index (Phi) is 3.24. The molecule has 2 nitrogen and oxygen atoms in total. The first kappa shape index (κ1) is 13.2. The van der Waals surface area contributed by atoms with Gasteiger partial charge in [-0.25, -0.2) is 0 Å². The monoisotopic (exact) mass is 244 g/mol. The molecule has 0 aliphatic carbocycles. The predicted octanol–water partition coefficient (Wildman–Crippen LogP) is 3.29. The van der Waals surface area contributed by atoms with Crippen LogP contribution in [0.2, 0.25) is 0 Å². The van der Waals surface area contributed by atoms with E-state index in [0.29, 0.717) is 0 Å². The summed E-state index contributed by atoms with van der Waals surface area (Å²) < 4.78 is 2.26. The van der Waals surface area contributed by atoms with Gasteiger partial charge >= 0.3 is 0 Å². The molecule has 0 bridgehead atoms. The lowest BCUT2D eigenvalue weighted by Gasteiger charge is -2.24. The Bertz CT molecular complexity index is 576. The van der Waals surface area contributed by atoms with Gasteiger partial charge in [0.25, 0.3) is 0 Å². The highest BCUT2D eigenvalue weighted by Crippen LogP contribution is 2.33. The van der Waals surface area contributed by atoms with Crippen LogP contribution in [-0.4, -0.2) is 18.2 Å². The van der Waals surface area contributed by atoms with Crippen LogP contribution in [-0.2, 0) is 12.5 Å². The Labute approximate surface area is 110 Å². The predicted molar refractivity (Wildman–Crippen MR) is 79.3 cm³/mol. The summed E-state index contributed by atoms with van der Waals surface area (Å²) in [6, 6.07) is 4.58. The Morgan fingerprint density at radius 2 is 1.89 bits per heavy atom. The Morgan fingerprint density at radius 1 is 1.22 bits per heavy atom. The third-order valence-corrected chi connectivity index (χ3v) is 3.76. The molecule has 1 aromatic heterocycles. The topological polar surface area (TPSA) is 17.0 Å². The van der Waals surface area contributed by atoms with Crippen LogP contribution in [0.15, 0.2) is 18.3 Å². The van der Waals surface area contributed by atoms with E-state index in [2.05, 4.69) is 63.0 Å². The summed E-state index contributed by atoms with van der Waals surface area (Å²) in [5.74, 6) is 0. The highest BCUT2D eigenvalue weighted by Gasteiger charge is 2.24. The molecular formula is C16H24N2. The van der Waals surface area contributed by atoms with Crippen LogP contribution in [0.1, 0.15) is 30.5 Å². The standard InChI is InChI=1S/C16H24N2/c1-11-7-12(2)15-13(8-11)14(9-18(15)6)16(3,4)10-17-5/h7-9,17H,10H2,1-6H3. The first-order valence-corrected chi connectivity index (χ1v) is 6.58. The lowest BCUT2D eigenvalue weighted by Crippen LogP contribution is -2.30. The number of rotatable bonds is 3. The summed E-state index contributed by atoms with van der Waals surface area (Å²) in [4.78, 5) is 0. The van der Waals surface area contributed by atoms with Gasteiger partial charge in [0.1, 0.15) is 0 Å². The van der Waals surface area contributed by atoms with Gasteiger partial charge in [0, 0.05) is 30.6 Å². The minimum absolute atomic E-state index is 0.147. The zero-order valence-electron chi connectivity index (χ0n) is 12.4. The van der Waals surface area contributed by atoms with Gasteiger partial charge in [0.05, 0.1) is 5.52 Å². The van der Waals surface area contributed by atoms with Crippen LogP contribution < -0.4 is 5.32 Å². The van der Waals surface area contributed by atoms with Crippen LogP contribution in [0, 0.1) is 13.8 Å². The molecule has 0 saturated carbocycles. The normalized spacial score (nSPS) is 12.3. The van der Waals surface area contributed by atoms with Gasteiger partial charge in [0.15, 0.2) is 0 Å². The molecule has 98 valence electrons. The van der Waals surface area contributed by atoms with Crippen molar-refractivity contribution in [3.63, 3.8) is 0 Å². The van der Waals surface area contributed by atoms with E-state index in [1.807, 2.05) is 7.05 Å². The van der Waals surface area contributed by atoms with E-state index >= 15 is 0 Å². The SMILES string of the molecule is CNCC(C)(C)c1cn(C)c2c(C)cc(C)cc12. The summed E-state index contributed by atoms with van der Waals surface area (Å²) in [5.41, 5.74) is 5.64. The van der Waals surface area contributed by atoms with Crippen molar-refractivity contribution in [1.29, 1.82) is 0 Å². The second-order valence-corrected chi connectivity index (χ2v) is 6.05. The van der Waals surface area contributed by atoms with Gasteiger partial charge < -0.3 is 9.88 Å². The Balaban J connectivity index is 2.73. The molecule has 0 fully saturated rings. The summed E-state index contributed by atoms with van der Waals surface area (Å²) in [6.07, 6.45) is 2.29. The van der Waals surface area contributed by atoms with Crippen molar-refractivity contribution >= 4 is 10.9 Å². The van der Waals surface area contributed by atoms with Crippen LogP contribution in [0.4, 0.5) is 0 Å². The van der Waals surface area contributed by atoms with Gasteiger partial charge in [-0.2, -0.15) is 0 Å². The summed E-state index contributed by atoms with van der Waals surface area (Å²) in [7, 11) is 4.16. The molecule has 0 aliphatic rings.